The number of rotatable bonds is 0. The highest BCUT2D eigenvalue weighted by molar-refractivity contribution is 5.74. The fourth-order valence-corrected chi connectivity index (χ4v) is 0.657. The largest absolute Gasteiger partial charge is 0.426 e. The summed E-state index contributed by atoms with van der Waals surface area (Å²) in [6, 6.07) is 0. The number of hydrogen-bond donors (Lipinski definition) is 0. The second-order valence-corrected chi connectivity index (χ2v) is 1.99. The zero-order valence-corrected chi connectivity index (χ0v) is 4.93. The van der Waals surface area contributed by atoms with Gasteiger partial charge in [0, 0.05) is 0 Å². The Labute approximate surface area is 56.2 Å². The Hall–Kier alpha value is -1.11. The molecule has 0 aromatic rings. The molecule has 1 heterocycles. The lowest BCUT2D eigenvalue weighted by molar-refractivity contribution is -0.148. The van der Waals surface area contributed by atoms with Gasteiger partial charge in [-0.15, -0.1) is 6.42 Å². The van der Waals surface area contributed by atoms with Crippen molar-refractivity contribution >= 4 is 5.97 Å². The van der Waals surface area contributed by atoms with Crippen molar-refractivity contribution in [2.24, 2.45) is 0 Å². The van der Waals surface area contributed by atoms with Gasteiger partial charge in [0.05, 0.1) is 6.42 Å². The molecule has 0 saturated carbocycles. The van der Waals surface area contributed by atoms with Gasteiger partial charge in [0.1, 0.15) is 0 Å². The van der Waals surface area contributed by atoms with Crippen molar-refractivity contribution < 1.29 is 18.3 Å². The number of alkyl halides is 2. The predicted octanol–water partition coefficient (Wildman–Crippen LogP) is 0.570. The summed E-state index contributed by atoms with van der Waals surface area (Å²) in [6.07, 6.45) is 1.63. The zero-order chi connectivity index (χ0) is 7.78. The Kier molecular flexibility index (Phi) is 1.36. The number of cyclic esters (lactones) is 1. The van der Waals surface area contributed by atoms with Crippen molar-refractivity contribution in [1.82, 2.24) is 0 Å². The Morgan fingerprint density at radius 1 is 1.90 bits per heavy atom. The second-order valence-electron chi connectivity index (χ2n) is 1.99. The molecule has 4 heteroatoms. The maximum atomic E-state index is 12.7. The summed E-state index contributed by atoms with van der Waals surface area (Å²) >= 11 is 0. The van der Waals surface area contributed by atoms with Crippen LogP contribution < -0.4 is 0 Å². The van der Waals surface area contributed by atoms with Crippen molar-refractivity contribution in [2.75, 3.05) is 0 Å². The van der Waals surface area contributed by atoms with E-state index in [1.807, 2.05) is 0 Å². The Balaban J connectivity index is 2.83. The van der Waals surface area contributed by atoms with E-state index >= 15 is 0 Å². The first-order valence-electron chi connectivity index (χ1n) is 2.59. The lowest BCUT2D eigenvalue weighted by Gasteiger charge is -2.09. The van der Waals surface area contributed by atoms with E-state index in [-0.39, 0.29) is 0 Å². The number of halogens is 2. The summed E-state index contributed by atoms with van der Waals surface area (Å²) in [6.45, 7) is 0. The van der Waals surface area contributed by atoms with Crippen molar-refractivity contribution in [2.45, 2.75) is 18.4 Å². The third kappa shape index (κ3) is 0.838. The highest BCUT2D eigenvalue weighted by Crippen LogP contribution is 2.30. The van der Waals surface area contributed by atoms with Gasteiger partial charge in [0.15, 0.2) is 0 Å². The fourth-order valence-electron chi connectivity index (χ4n) is 0.657. The number of esters is 1. The molecule has 0 radical (unpaired) electrons. The highest BCUT2D eigenvalue weighted by atomic mass is 19.2. The minimum atomic E-state index is -2.54. The fraction of sp³-hybridized carbons (Fsp3) is 0.500. The van der Waals surface area contributed by atoms with Crippen LogP contribution in [0, 0.1) is 12.3 Å². The number of ether oxygens (including phenoxy) is 1. The van der Waals surface area contributed by atoms with Crippen molar-refractivity contribution in [3.05, 3.63) is 0 Å². The monoisotopic (exact) mass is 146 g/mol. The molecule has 1 aliphatic rings. The van der Waals surface area contributed by atoms with Crippen LogP contribution in [0.2, 0.25) is 0 Å². The normalized spacial score (nSPS) is 38.9. The highest BCUT2D eigenvalue weighted by Gasteiger charge is 2.49. The second kappa shape index (κ2) is 1.94. The van der Waals surface area contributed by atoms with E-state index in [0.29, 0.717) is 0 Å². The van der Waals surface area contributed by atoms with E-state index in [2.05, 4.69) is 11.2 Å². The molecule has 54 valence electrons. The van der Waals surface area contributed by atoms with E-state index < -0.39 is 24.4 Å². The van der Waals surface area contributed by atoms with Crippen LogP contribution in [0.4, 0.5) is 8.78 Å². The molecule has 2 atom stereocenters. The molecule has 1 aliphatic heterocycles. The lowest BCUT2D eigenvalue weighted by Crippen LogP contribution is -2.27. The summed E-state index contributed by atoms with van der Waals surface area (Å²) in [5.74, 6) is 0.596. The molecule has 1 fully saturated rings. The first-order valence-corrected chi connectivity index (χ1v) is 2.59. The summed E-state index contributed by atoms with van der Waals surface area (Å²) in [7, 11) is 0. The summed E-state index contributed by atoms with van der Waals surface area (Å²) in [4.78, 5) is 10.2. The van der Waals surface area contributed by atoms with Crippen molar-refractivity contribution in [3.63, 3.8) is 0 Å². The third-order valence-corrected chi connectivity index (χ3v) is 1.24. The van der Waals surface area contributed by atoms with E-state index in [1.54, 1.807) is 0 Å². The molecule has 0 aromatic carbocycles. The summed E-state index contributed by atoms with van der Waals surface area (Å²) in [5, 5.41) is 0. The van der Waals surface area contributed by atoms with Crippen LogP contribution in [0.25, 0.3) is 0 Å². The zero-order valence-electron chi connectivity index (χ0n) is 4.93. The molecule has 0 N–H and O–H groups in total. The molecule has 0 amide bonds. The standard InChI is InChI=1S/C6H4F2O2/c1-2-6(8)3-4(9)10-5(6)7/h1,5H,3H2. The van der Waals surface area contributed by atoms with Crippen LogP contribution in [-0.2, 0) is 9.53 Å². The molecule has 0 bridgehead atoms. The first-order chi connectivity index (χ1) is 4.58. The Morgan fingerprint density at radius 2 is 2.50 bits per heavy atom. The van der Waals surface area contributed by atoms with Crippen LogP contribution in [0.1, 0.15) is 6.42 Å². The van der Waals surface area contributed by atoms with Gasteiger partial charge in [-0.1, -0.05) is 5.92 Å². The Bertz CT molecular complexity index is 208. The van der Waals surface area contributed by atoms with E-state index in [4.69, 9.17) is 0 Å². The van der Waals surface area contributed by atoms with Crippen LogP contribution >= 0.6 is 0 Å². The quantitative estimate of drug-likeness (QED) is 0.369. The van der Waals surface area contributed by atoms with Crippen LogP contribution in [0.15, 0.2) is 0 Å². The molecule has 0 aliphatic carbocycles. The molecule has 2 nitrogen and oxygen atoms in total. The van der Waals surface area contributed by atoms with E-state index in [1.165, 1.54) is 5.92 Å². The SMILES string of the molecule is C#CC1(F)CC(=O)OC1F. The summed E-state index contributed by atoms with van der Waals surface area (Å²) in [5.41, 5.74) is -2.54. The molecule has 1 rings (SSSR count). The van der Waals surface area contributed by atoms with E-state index in [0.717, 1.165) is 0 Å². The van der Waals surface area contributed by atoms with Crippen LogP contribution in [0.3, 0.4) is 0 Å². The molecular formula is C6H4F2O2. The maximum Gasteiger partial charge on any atom is 0.313 e. The molecular weight excluding hydrogens is 142 g/mol. The Morgan fingerprint density at radius 3 is 2.70 bits per heavy atom. The molecule has 1 saturated heterocycles. The van der Waals surface area contributed by atoms with Gasteiger partial charge < -0.3 is 4.74 Å². The minimum Gasteiger partial charge on any atom is -0.426 e. The lowest BCUT2D eigenvalue weighted by atomic mass is 10.1. The number of hydrogen-bond acceptors (Lipinski definition) is 2. The number of carbonyl (C=O) groups is 1. The maximum absolute atomic E-state index is 12.7. The van der Waals surface area contributed by atoms with Gasteiger partial charge in [-0.25, -0.2) is 4.39 Å². The van der Waals surface area contributed by atoms with Gasteiger partial charge >= 0.3 is 5.97 Å². The predicted molar refractivity (Wildman–Crippen MR) is 28.3 cm³/mol. The summed E-state index contributed by atoms with van der Waals surface area (Å²) < 4.78 is 28.8. The van der Waals surface area contributed by atoms with Gasteiger partial charge in [0.25, 0.3) is 6.36 Å². The minimum absolute atomic E-state index is 0.690. The number of terminal acetylenes is 1. The van der Waals surface area contributed by atoms with Gasteiger partial charge in [-0.3, -0.25) is 4.79 Å². The van der Waals surface area contributed by atoms with Crippen LogP contribution in [0.5, 0.6) is 0 Å². The van der Waals surface area contributed by atoms with Crippen molar-refractivity contribution in [3.8, 4) is 12.3 Å². The van der Waals surface area contributed by atoms with Crippen LogP contribution in [-0.4, -0.2) is 18.0 Å². The van der Waals surface area contributed by atoms with Gasteiger partial charge in [0.2, 0.25) is 5.67 Å². The topological polar surface area (TPSA) is 26.3 Å². The van der Waals surface area contributed by atoms with E-state index in [9.17, 15) is 13.6 Å². The molecule has 0 aromatic heterocycles. The smallest absolute Gasteiger partial charge is 0.313 e. The first kappa shape index (κ1) is 7.00. The molecule has 10 heavy (non-hydrogen) atoms. The number of carbonyl (C=O) groups excluding carboxylic acids is 1. The third-order valence-electron chi connectivity index (χ3n) is 1.24. The van der Waals surface area contributed by atoms with Crippen molar-refractivity contribution in [1.29, 1.82) is 0 Å². The molecule has 2 unspecified atom stereocenters. The average Bonchev–Trinajstić information content (AvgIpc) is 2.09. The van der Waals surface area contributed by atoms with Gasteiger partial charge in [-0.2, -0.15) is 4.39 Å². The van der Waals surface area contributed by atoms with Gasteiger partial charge in [-0.05, 0) is 0 Å². The molecule has 0 spiro atoms. The average molecular weight is 146 g/mol.